The molecule has 1 aromatic rings. The molecular formula is C14H23N3O2. The van der Waals surface area contributed by atoms with Crippen LogP contribution in [0.4, 0.5) is 5.82 Å². The fourth-order valence-corrected chi connectivity index (χ4v) is 2.89. The van der Waals surface area contributed by atoms with Gasteiger partial charge in [0.15, 0.2) is 0 Å². The summed E-state index contributed by atoms with van der Waals surface area (Å²) >= 11 is 0. The molecule has 5 heteroatoms. The first-order valence-electron chi connectivity index (χ1n) is 6.84. The molecule has 0 atom stereocenters. The monoisotopic (exact) mass is 265 g/mol. The Balaban J connectivity index is 2.34. The van der Waals surface area contributed by atoms with Crippen LogP contribution in [0.2, 0.25) is 0 Å². The molecule has 1 aromatic heterocycles. The largest absolute Gasteiger partial charge is 0.477 e. The second-order valence-electron chi connectivity index (χ2n) is 6.22. The van der Waals surface area contributed by atoms with Crippen LogP contribution in [-0.2, 0) is 7.05 Å². The number of carboxylic acid groups (broad SMARTS) is 1. The predicted molar refractivity (Wildman–Crippen MR) is 74.7 cm³/mol. The average Bonchev–Trinajstić information content (AvgIpc) is 2.47. The Bertz CT molecular complexity index is 491. The summed E-state index contributed by atoms with van der Waals surface area (Å²) in [5.41, 5.74) is 1.28. The van der Waals surface area contributed by atoms with E-state index < -0.39 is 5.97 Å². The first-order chi connectivity index (χ1) is 8.82. The first-order valence-corrected chi connectivity index (χ1v) is 6.84. The second kappa shape index (κ2) is 4.87. The summed E-state index contributed by atoms with van der Waals surface area (Å²) in [7, 11) is 1.82. The Hall–Kier alpha value is -1.52. The van der Waals surface area contributed by atoms with Gasteiger partial charge >= 0.3 is 5.97 Å². The summed E-state index contributed by atoms with van der Waals surface area (Å²) in [6, 6.07) is 0. The van der Waals surface area contributed by atoms with Crippen LogP contribution in [-0.4, -0.2) is 33.9 Å². The van der Waals surface area contributed by atoms with Crippen LogP contribution < -0.4 is 4.90 Å². The predicted octanol–water partition coefficient (Wildman–Crippen LogP) is 2.44. The van der Waals surface area contributed by atoms with Gasteiger partial charge in [-0.05, 0) is 31.6 Å². The topological polar surface area (TPSA) is 58.4 Å². The van der Waals surface area contributed by atoms with Crippen molar-refractivity contribution in [2.75, 3.05) is 18.0 Å². The highest BCUT2D eigenvalue weighted by atomic mass is 16.4. The highest BCUT2D eigenvalue weighted by Gasteiger charge is 2.28. The van der Waals surface area contributed by atoms with E-state index in [1.54, 1.807) is 11.6 Å². The quantitative estimate of drug-likeness (QED) is 0.892. The van der Waals surface area contributed by atoms with E-state index in [1.165, 1.54) is 6.42 Å². The molecule has 2 heterocycles. The van der Waals surface area contributed by atoms with E-state index in [2.05, 4.69) is 23.8 Å². The number of hydrogen-bond acceptors (Lipinski definition) is 3. The lowest BCUT2D eigenvalue weighted by Gasteiger charge is -2.25. The molecule has 1 N–H and O–H groups in total. The molecule has 5 nitrogen and oxygen atoms in total. The van der Waals surface area contributed by atoms with E-state index in [0.717, 1.165) is 31.7 Å². The molecule has 2 rings (SSSR count). The molecule has 0 radical (unpaired) electrons. The molecular weight excluding hydrogens is 242 g/mol. The normalized spacial score (nSPS) is 19.3. The minimum atomic E-state index is -0.885. The highest BCUT2D eigenvalue weighted by Crippen LogP contribution is 2.33. The maximum atomic E-state index is 11.4. The lowest BCUT2D eigenvalue weighted by atomic mass is 9.85. The summed E-state index contributed by atoms with van der Waals surface area (Å²) < 4.78 is 1.71. The lowest BCUT2D eigenvalue weighted by molar-refractivity contribution is 0.0696. The zero-order valence-corrected chi connectivity index (χ0v) is 12.2. The van der Waals surface area contributed by atoms with Gasteiger partial charge < -0.3 is 10.0 Å². The Morgan fingerprint density at radius 1 is 1.32 bits per heavy atom. The van der Waals surface area contributed by atoms with Crippen molar-refractivity contribution in [2.45, 2.75) is 40.0 Å². The summed E-state index contributed by atoms with van der Waals surface area (Å²) in [5, 5.41) is 13.7. The minimum absolute atomic E-state index is 0.339. The molecule has 0 saturated carbocycles. The maximum absolute atomic E-state index is 11.4. The van der Waals surface area contributed by atoms with Crippen LogP contribution >= 0.6 is 0 Å². The van der Waals surface area contributed by atoms with Gasteiger partial charge in [-0.3, -0.25) is 4.68 Å². The Morgan fingerprint density at radius 2 is 2.00 bits per heavy atom. The van der Waals surface area contributed by atoms with E-state index in [-0.39, 0.29) is 0 Å². The third kappa shape index (κ3) is 2.74. The van der Waals surface area contributed by atoms with Crippen LogP contribution in [0.25, 0.3) is 0 Å². The van der Waals surface area contributed by atoms with Crippen molar-refractivity contribution in [3.8, 4) is 0 Å². The molecule has 0 unspecified atom stereocenters. The van der Waals surface area contributed by atoms with Crippen molar-refractivity contribution in [1.82, 2.24) is 9.78 Å². The maximum Gasteiger partial charge on any atom is 0.341 e. The first kappa shape index (κ1) is 13.9. The van der Waals surface area contributed by atoms with Gasteiger partial charge in [0.1, 0.15) is 11.4 Å². The van der Waals surface area contributed by atoms with Crippen LogP contribution in [0.5, 0.6) is 0 Å². The van der Waals surface area contributed by atoms with Gasteiger partial charge in [-0.15, -0.1) is 0 Å². The molecule has 1 aliphatic heterocycles. The van der Waals surface area contributed by atoms with Crippen molar-refractivity contribution in [3.63, 3.8) is 0 Å². The number of carbonyl (C=O) groups is 1. The standard InChI is InChI=1S/C14H23N3O2/c1-10-11(13(18)19)12(16(4)15-10)17-8-5-6-14(2,3)7-9-17/h5-9H2,1-4H3,(H,18,19). The highest BCUT2D eigenvalue weighted by molar-refractivity contribution is 5.94. The van der Waals surface area contributed by atoms with Crippen molar-refractivity contribution in [1.29, 1.82) is 0 Å². The van der Waals surface area contributed by atoms with Crippen LogP contribution in [0.3, 0.4) is 0 Å². The molecule has 1 saturated heterocycles. The number of hydrogen-bond donors (Lipinski definition) is 1. The van der Waals surface area contributed by atoms with Gasteiger partial charge in [-0.2, -0.15) is 5.10 Å². The summed E-state index contributed by atoms with van der Waals surface area (Å²) in [5.74, 6) is -0.133. The van der Waals surface area contributed by atoms with Gasteiger partial charge in [0.05, 0.1) is 5.69 Å². The van der Waals surface area contributed by atoms with Gasteiger partial charge in [-0.1, -0.05) is 13.8 Å². The van der Waals surface area contributed by atoms with Crippen molar-refractivity contribution in [2.24, 2.45) is 12.5 Å². The number of anilines is 1. The molecule has 0 bridgehead atoms. The zero-order valence-electron chi connectivity index (χ0n) is 12.2. The summed E-state index contributed by atoms with van der Waals surface area (Å²) in [4.78, 5) is 13.6. The average molecular weight is 265 g/mol. The molecule has 0 aromatic carbocycles. The van der Waals surface area contributed by atoms with Crippen LogP contribution in [0.1, 0.15) is 49.2 Å². The fourth-order valence-electron chi connectivity index (χ4n) is 2.89. The fraction of sp³-hybridized carbons (Fsp3) is 0.714. The Morgan fingerprint density at radius 3 is 2.63 bits per heavy atom. The van der Waals surface area contributed by atoms with E-state index in [0.29, 0.717) is 16.7 Å². The molecule has 0 aliphatic carbocycles. The zero-order chi connectivity index (χ0) is 14.2. The van der Waals surface area contributed by atoms with Crippen molar-refractivity contribution in [3.05, 3.63) is 11.3 Å². The van der Waals surface area contributed by atoms with Crippen LogP contribution in [0, 0.1) is 12.3 Å². The molecule has 19 heavy (non-hydrogen) atoms. The molecule has 1 fully saturated rings. The molecule has 106 valence electrons. The van der Waals surface area contributed by atoms with Crippen molar-refractivity contribution < 1.29 is 9.90 Å². The van der Waals surface area contributed by atoms with Crippen LogP contribution in [0.15, 0.2) is 0 Å². The summed E-state index contributed by atoms with van der Waals surface area (Å²) in [6.45, 7) is 8.12. The Labute approximate surface area is 114 Å². The van der Waals surface area contributed by atoms with E-state index in [4.69, 9.17) is 0 Å². The SMILES string of the molecule is Cc1nn(C)c(N2CCCC(C)(C)CC2)c1C(=O)O. The number of aryl methyl sites for hydroxylation is 2. The number of carboxylic acids is 1. The van der Waals surface area contributed by atoms with Gasteiger partial charge in [-0.25, -0.2) is 4.79 Å². The Kier molecular flexibility index (Phi) is 3.56. The lowest BCUT2D eigenvalue weighted by Crippen LogP contribution is -2.28. The van der Waals surface area contributed by atoms with E-state index >= 15 is 0 Å². The summed E-state index contributed by atoms with van der Waals surface area (Å²) in [6.07, 6.45) is 3.36. The third-order valence-corrected chi connectivity index (χ3v) is 4.05. The second-order valence-corrected chi connectivity index (χ2v) is 6.22. The van der Waals surface area contributed by atoms with Gasteiger partial charge in [0.25, 0.3) is 0 Å². The number of aromatic carboxylic acids is 1. The van der Waals surface area contributed by atoms with E-state index in [9.17, 15) is 9.90 Å². The van der Waals surface area contributed by atoms with Gasteiger partial charge in [0.2, 0.25) is 0 Å². The number of rotatable bonds is 2. The molecule has 0 amide bonds. The van der Waals surface area contributed by atoms with E-state index in [1.807, 2.05) is 7.05 Å². The van der Waals surface area contributed by atoms with Crippen molar-refractivity contribution >= 4 is 11.8 Å². The number of nitrogens with zero attached hydrogens (tertiary/aromatic N) is 3. The molecule has 0 spiro atoms. The third-order valence-electron chi connectivity index (χ3n) is 4.05. The minimum Gasteiger partial charge on any atom is -0.477 e. The molecule has 1 aliphatic rings. The number of aromatic nitrogens is 2. The smallest absolute Gasteiger partial charge is 0.341 e. The van der Waals surface area contributed by atoms with Gasteiger partial charge in [0, 0.05) is 20.1 Å².